The lowest BCUT2D eigenvalue weighted by Crippen LogP contribution is -2.30. The minimum Gasteiger partial charge on any atom is -0.461 e. The summed E-state index contributed by atoms with van der Waals surface area (Å²) >= 11 is 5.66. The van der Waals surface area contributed by atoms with Crippen molar-refractivity contribution >= 4 is 37.4 Å². The van der Waals surface area contributed by atoms with Gasteiger partial charge in [-0.05, 0) is 46.1 Å². The lowest BCUT2D eigenvalue weighted by atomic mass is 10.1. The maximum atomic E-state index is 5.44. The molecular weight excluding hydrogens is 410 g/mol. The molecule has 6 heteroatoms. The van der Waals surface area contributed by atoms with Crippen LogP contribution in [0.25, 0.3) is 21.7 Å². The van der Waals surface area contributed by atoms with Crippen molar-refractivity contribution in [1.82, 2.24) is 14.9 Å². The summed E-state index contributed by atoms with van der Waals surface area (Å²) < 4.78 is 7.99. The van der Waals surface area contributed by atoms with Crippen molar-refractivity contribution in [2.24, 2.45) is 0 Å². The Labute approximate surface area is 163 Å². The minimum absolute atomic E-state index is 0.665. The van der Waals surface area contributed by atoms with E-state index in [9.17, 15) is 0 Å². The summed E-state index contributed by atoms with van der Waals surface area (Å²) in [6.07, 6.45) is 4.59. The van der Waals surface area contributed by atoms with Gasteiger partial charge in [0.25, 0.3) is 0 Å². The van der Waals surface area contributed by atoms with E-state index >= 15 is 0 Å². The largest absolute Gasteiger partial charge is 0.461 e. The summed E-state index contributed by atoms with van der Waals surface area (Å²) in [5.74, 6) is 1.39. The van der Waals surface area contributed by atoms with E-state index in [4.69, 9.17) is 9.40 Å². The molecule has 4 nitrogen and oxygen atoms in total. The molecule has 1 aliphatic rings. The standard InChI is InChI=1S/C20H16BrN3OS/c21-19-14-4-1-2-6-17(14)26-18(19)12-24-8-7-13-10-22-20(23-15(13)11-24)16-5-3-9-25-16/h1-6,9-10H,7-8,11-12H2. The molecule has 5 rings (SSSR count). The third-order valence-corrected chi connectivity index (χ3v) is 7.06. The molecule has 3 aromatic heterocycles. The van der Waals surface area contributed by atoms with E-state index in [-0.39, 0.29) is 0 Å². The van der Waals surface area contributed by atoms with Gasteiger partial charge in [-0.25, -0.2) is 9.97 Å². The maximum absolute atomic E-state index is 5.44. The average molecular weight is 426 g/mol. The van der Waals surface area contributed by atoms with Crippen LogP contribution in [0.1, 0.15) is 16.1 Å². The molecule has 0 aliphatic carbocycles. The number of benzene rings is 1. The average Bonchev–Trinajstić information content (AvgIpc) is 3.31. The number of hydrogen-bond acceptors (Lipinski definition) is 5. The van der Waals surface area contributed by atoms with Crippen molar-refractivity contribution in [3.8, 4) is 11.6 Å². The Morgan fingerprint density at radius 2 is 2.12 bits per heavy atom. The second-order valence-corrected chi connectivity index (χ2v) is 8.37. The van der Waals surface area contributed by atoms with Gasteiger partial charge in [-0.1, -0.05) is 18.2 Å². The van der Waals surface area contributed by atoms with Crippen LogP contribution in [-0.2, 0) is 19.5 Å². The Hall–Kier alpha value is -2.02. The molecule has 1 aliphatic heterocycles. The predicted molar refractivity (Wildman–Crippen MR) is 107 cm³/mol. The molecule has 0 radical (unpaired) electrons. The highest BCUT2D eigenvalue weighted by Crippen LogP contribution is 2.36. The van der Waals surface area contributed by atoms with E-state index in [1.165, 1.54) is 25.0 Å². The van der Waals surface area contributed by atoms with Gasteiger partial charge < -0.3 is 4.42 Å². The molecule has 0 spiro atoms. The fourth-order valence-electron chi connectivity index (χ4n) is 3.39. The van der Waals surface area contributed by atoms with Crippen molar-refractivity contribution in [2.75, 3.05) is 6.54 Å². The Morgan fingerprint density at radius 3 is 2.96 bits per heavy atom. The molecule has 0 bridgehead atoms. The first kappa shape index (κ1) is 16.2. The van der Waals surface area contributed by atoms with Gasteiger partial charge >= 0.3 is 0 Å². The lowest BCUT2D eigenvalue weighted by molar-refractivity contribution is 0.243. The molecule has 0 unspecified atom stereocenters. The van der Waals surface area contributed by atoms with Crippen LogP contribution >= 0.6 is 27.3 Å². The predicted octanol–water partition coefficient (Wildman–Crippen LogP) is 5.27. The van der Waals surface area contributed by atoms with Crippen LogP contribution in [0.3, 0.4) is 0 Å². The quantitative estimate of drug-likeness (QED) is 0.448. The van der Waals surface area contributed by atoms with E-state index in [0.717, 1.165) is 37.5 Å². The van der Waals surface area contributed by atoms with Gasteiger partial charge in [-0.15, -0.1) is 11.3 Å². The van der Waals surface area contributed by atoms with Gasteiger partial charge in [0, 0.05) is 45.3 Å². The van der Waals surface area contributed by atoms with Crippen molar-refractivity contribution < 1.29 is 4.42 Å². The Bertz CT molecular complexity index is 1070. The Balaban J connectivity index is 1.41. The van der Waals surface area contributed by atoms with Crippen LogP contribution in [-0.4, -0.2) is 21.4 Å². The molecule has 0 amide bonds. The van der Waals surface area contributed by atoms with Gasteiger partial charge in [0.2, 0.25) is 0 Å². The van der Waals surface area contributed by atoms with Crippen LogP contribution in [0.15, 0.2) is 57.7 Å². The molecule has 0 atom stereocenters. The summed E-state index contributed by atoms with van der Waals surface area (Å²) in [7, 11) is 0. The fourth-order valence-corrected chi connectivity index (χ4v) is 5.37. The molecular formula is C20H16BrN3OS. The second-order valence-electron chi connectivity index (χ2n) is 6.44. The molecule has 0 fully saturated rings. The number of halogens is 1. The molecule has 26 heavy (non-hydrogen) atoms. The monoisotopic (exact) mass is 425 g/mol. The van der Waals surface area contributed by atoms with Crippen molar-refractivity contribution in [2.45, 2.75) is 19.5 Å². The summed E-state index contributed by atoms with van der Waals surface area (Å²) in [6.45, 7) is 2.79. The first-order valence-electron chi connectivity index (χ1n) is 8.55. The molecule has 130 valence electrons. The van der Waals surface area contributed by atoms with Gasteiger partial charge in [0.15, 0.2) is 11.6 Å². The van der Waals surface area contributed by atoms with Gasteiger partial charge in [0.1, 0.15) is 0 Å². The molecule has 0 N–H and O–H groups in total. The normalized spacial score (nSPS) is 14.7. The molecule has 0 saturated heterocycles. The van der Waals surface area contributed by atoms with Crippen molar-refractivity contribution in [3.63, 3.8) is 0 Å². The third kappa shape index (κ3) is 2.88. The Kier molecular flexibility index (Phi) is 4.11. The van der Waals surface area contributed by atoms with Gasteiger partial charge in [0.05, 0.1) is 12.0 Å². The zero-order valence-electron chi connectivity index (χ0n) is 14.0. The smallest absolute Gasteiger partial charge is 0.195 e. The molecule has 1 aromatic carbocycles. The van der Waals surface area contributed by atoms with E-state index in [0.29, 0.717) is 5.82 Å². The Morgan fingerprint density at radius 1 is 1.19 bits per heavy atom. The first-order chi connectivity index (χ1) is 12.8. The number of fused-ring (bicyclic) bond motifs is 2. The van der Waals surface area contributed by atoms with Crippen molar-refractivity contribution in [1.29, 1.82) is 0 Å². The minimum atomic E-state index is 0.665. The zero-order valence-corrected chi connectivity index (χ0v) is 16.4. The highest BCUT2D eigenvalue weighted by Gasteiger charge is 2.21. The van der Waals surface area contributed by atoms with E-state index in [1.807, 2.05) is 29.7 Å². The number of furan rings is 1. The molecule has 0 saturated carbocycles. The summed E-state index contributed by atoms with van der Waals surface area (Å²) in [6, 6.07) is 12.3. The number of hydrogen-bond donors (Lipinski definition) is 0. The van der Waals surface area contributed by atoms with Crippen LogP contribution in [0, 0.1) is 0 Å². The summed E-state index contributed by atoms with van der Waals surface area (Å²) in [5, 5.41) is 1.30. The first-order valence-corrected chi connectivity index (χ1v) is 10.2. The van der Waals surface area contributed by atoms with Gasteiger partial charge in [-0.3, -0.25) is 4.90 Å². The summed E-state index contributed by atoms with van der Waals surface area (Å²) in [4.78, 5) is 13.0. The zero-order chi connectivity index (χ0) is 17.5. The van der Waals surface area contributed by atoms with E-state index < -0.39 is 0 Å². The fraction of sp³-hybridized carbons (Fsp3) is 0.200. The third-order valence-electron chi connectivity index (χ3n) is 4.74. The second kappa shape index (κ2) is 6.61. The SMILES string of the molecule is Brc1c(CN2CCc3cnc(-c4ccco4)nc3C2)sc2ccccc12. The van der Waals surface area contributed by atoms with E-state index in [2.05, 4.69) is 50.1 Å². The van der Waals surface area contributed by atoms with E-state index in [1.54, 1.807) is 6.26 Å². The number of nitrogens with zero attached hydrogens (tertiary/aromatic N) is 3. The number of thiophene rings is 1. The lowest BCUT2D eigenvalue weighted by Gasteiger charge is -2.27. The highest BCUT2D eigenvalue weighted by molar-refractivity contribution is 9.10. The van der Waals surface area contributed by atoms with Crippen LogP contribution in [0.2, 0.25) is 0 Å². The van der Waals surface area contributed by atoms with Gasteiger partial charge in [-0.2, -0.15) is 0 Å². The molecule has 4 heterocycles. The number of rotatable bonds is 3. The van der Waals surface area contributed by atoms with Crippen LogP contribution < -0.4 is 0 Å². The van der Waals surface area contributed by atoms with Crippen LogP contribution in [0.4, 0.5) is 0 Å². The van der Waals surface area contributed by atoms with Crippen LogP contribution in [0.5, 0.6) is 0 Å². The maximum Gasteiger partial charge on any atom is 0.195 e. The topological polar surface area (TPSA) is 42.2 Å². The number of aromatic nitrogens is 2. The van der Waals surface area contributed by atoms with Crippen molar-refractivity contribution in [3.05, 3.63) is 69.5 Å². The summed E-state index contributed by atoms with van der Waals surface area (Å²) in [5.41, 5.74) is 2.35. The molecule has 4 aromatic rings. The highest BCUT2D eigenvalue weighted by atomic mass is 79.9.